The van der Waals surface area contributed by atoms with Crippen LogP contribution in [0.2, 0.25) is 0 Å². The van der Waals surface area contributed by atoms with Gasteiger partial charge in [-0.1, -0.05) is 0 Å². The Hall–Kier alpha value is -0.800. The van der Waals surface area contributed by atoms with Gasteiger partial charge in [-0.05, 0) is 0 Å². The molecular weight excluding hydrogens is 596 g/mol. The summed E-state index contributed by atoms with van der Waals surface area (Å²) in [6, 6.07) is 0. The predicted octanol–water partition coefficient (Wildman–Crippen LogP) is -9.11. The van der Waals surface area contributed by atoms with Crippen LogP contribution in [0.5, 0.6) is 0 Å². The van der Waals surface area contributed by atoms with Crippen LogP contribution in [0.15, 0.2) is 0 Å². The van der Waals surface area contributed by atoms with Gasteiger partial charge >= 0.3 is 0 Å². The number of hydrogen-bond donors (Lipinski definition) is 13. The van der Waals surface area contributed by atoms with Crippen molar-refractivity contribution in [3.05, 3.63) is 0 Å². The largest absolute Gasteiger partial charge is 0.394 e. The summed E-state index contributed by atoms with van der Waals surface area (Å²) in [7, 11) is 0. The number of aliphatic hydroxyl groups excluding tert-OH is 13. The van der Waals surface area contributed by atoms with Crippen LogP contribution in [0.1, 0.15) is 0 Å². The molecule has 4 fully saturated rings. The number of ether oxygens (including phenoxy) is 7. The lowest BCUT2D eigenvalue weighted by Crippen LogP contribution is -2.67. The fourth-order valence-corrected chi connectivity index (χ4v) is 5.23. The molecule has 0 unspecified atom stereocenters. The van der Waals surface area contributed by atoms with Crippen molar-refractivity contribution in [3.63, 3.8) is 0 Å². The van der Waals surface area contributed by atoms with E-state index in [4.69, 9.17) is 33.2 Å². The summed E-state index contributed by atoms with van der Waals surface area (Å²) < 4.78 is 38.0. The van der Waals surface area contributed by atoms with E-state index in [0.717, 1.165) is 0 Å². The lowest BCUT2D eigenvalue weighted by Gasteiger charge is -2.49. The van der Waals surface area contributed by atoms with E-state index < -0.39 is 143 Å². The molecule has 0 aromatic heterocycles. The van der Waals surface area contributed by atoms with Gasteiger partial charge in [0.1, 0.15) is 91.6 Å². The van der Waals surface area contributed by atoms with E-state index in [2.05, 4.69) is 0 Å². The Labute approximate surface area is 243 Å². The van der Waals surface area contributed by atoms with Crippen LogP contribution in [0.4, 0.5) is 0 Å². The zero-order valence-electron chi connectivity index (χ0n) is 22.5. The van der Waals surface area contributed by atoms with Gasteiger partial charge in [-0.3, -0.25) is 0 Å². The average molecular weight is 637 g/mol. The molecule has 4 aliphatic rings. The van der Waals surface area contributed by atoms with Gasteiger partial charge in [0.2, 0.25) is 0 Å². The van der Waals surface area contributed by atoms with E-state index in [1.165, 1.54) is 0 Å². The molecule has 0 amide bonds. The van der Waals surface area contributed by atoms with Crippen LogP contribution < -0.4 is 0 Å². The zero-order chi connectivity index (χ0) is 31.7. The minimum Gasteiger partial charge on any atom is -0.394 e. The molecule has 0 saturated carbocycles. The van der Waals surface area contributed by atoms with Gasteiger partial charge in [-0.2, -0.15) is 0 Å². The van der Waals surface area contributed by atoms with Crippen LogP contribution in [-0.2, 0) is 33.2 Å². The first-order valence-electron chi connectivity index (χ1n) is 13.5. The van der Waals surface area contributed by atoms with Gasteiger partial charge < -0.3 is 99.5 Å². The van der Waals surface area contributed by atoms with Crippen molar-refractivity contribution in [3.8, 4) is 0 Å². The molecule has 4 rings (SSSR count). The minimum atomic E-state index is -2.00. The molecule has 252 valence electrons. The van der Waals surface area contributed by atoms with E-state index in [1.54, 1.807) is 0 Å². The Morgan fingerprint density at radius 1 is 0.442 bits per heavy atom. The Balaban J connectivity index is 1.55. The summed E-state index contributed by atoms with van der Waals surface area (Å²) >= 11 is 0. The van der Waals surface area contributed by atoms with Crippen molar-refractivity contribution in [2.75, 3.05) is 26.4 Å². The second kappa shape index (κ2) is 14.7. The third kappa shape index (κ3) is 7.13. The maximum Gasteiger partial charge on any atom is 0.187 e. The fraction of sp³-hybridized carbons (Fsp3) is 1.00. The van der Waals surface area contributed by atoms with Crippen LogP contribution in [0.3, 0.4) is 0 Å². The molecule has 0 bridgehead atoms. The van der Waals surface area contributed by atoms with Gasteiger partial charge in [0, 0.05) is 0 Å². The van der Waals surface area contributed by atoms with Crippen molar-refractivity contribution < 1.29 is 99.5 Å². The van der Waals surface area contributed by atoms with Crippen molar-refractivity contribution in [1.29, 1.82) is 0 Å². The van der Waals surface area contributed by atoms with Crippen molar-refractivity contribution in [2.24, 2.45) is 0 Å². The Morgan fingerprint density at radius 2 is 0.953 bits per heavy atom. The number of hydrogen-bond acceptors (Lipinski definition) is 20. The first kappa shape index (κ1) is 35.1. The summed E-state index contributed by atoms with van der Waals surface area (Å²) in [5.41, 5.74) is 0. The fourth-order valence-electron chi connectivity index (χ4n) is 5.23. The Morgan fingerprint density at radius 3 is 1.56 bits per heavy atom. The molecule has 20 heteroatoms. The van der Waals surface area contributed by atoms with Crippen LogP contribution in [0.25, 0.3) is 0 Å². The van der Waals surface area contributed by atoms with E-state index >= 15 is 0 Å². The minimum absolute atomic E-state index is 0.490. The normalized spacial score (nSPS) is 53.1. The van der Waals surface area contributed by atoms with Crippen molar-refractivity contribution >= 4 is 0 Å². The summed E-state index contributed by atoms with van der Waals surface area (Å²) in [5, 5.41) is 132. The molecule has 4 heterocycles. The molecule has 20 nitrogen and oxygen atoms in total. The smallest absolute Gasteiger partial charge is 0.187 e. The molecule has 0 spiro atoms. The van der Waals surface area contributed by atoms with Crippen molar-refractivity contribution in [1.82, 2.24) is 0 Å². The summed E-state index contributed by atoms with van der Waals surface area (Å²) in [6.07, 6.45) is -33.3. The van der Waals surface area contributed by atoms with Gasteiger partial charge in [0.15, 0.2) is 25.2 Å². The molecule has 13 N–H and O–H groups in total. The lowest BCUT2D eigenvalue weighted by atomic mass is 9.96. The summed E-state index contributed by atoms with van der Waals surface area (Å²) in [4.78, 5) is 0. The summed E-state index contributed by atoms with van der Waals surface area (Å²) in [5.74, 6) is 0. The van der Waals surface area contributed by atoms with Gasteiger partial charge in [0.25, 0.3) is 0 Å². The van der Waals surface area contributed by atoms with E-state index in [9.17, 15) is 66.4 Å². The topological polar surface area (TPSA) is 328 Å². The molecule has 0 aliphatic carbocycles. The third-order valence-electron chi connectivity index (χ3n) is 7.82. The molecule has 0 aromatic rings. The highest BCUT2D eigenvalue weighted by molar-refractivity contribution is 4.97. The molecule has 0 radical (unpaired) electrons. The third-order valence-corrected chi connectivity index (χ3v) is 7.82. The maximum absolute atomic E-state index is 11.2. The average Bonchev–Trinajstić information content (AvgIpc) is 2.99. The Kier molecular flexibility index (Phi) is 12.0. The highest BCUT2D eigenvalue weighted by Crippen LogP contribution is 2.34. The monoisotopic (exact) mass is 636 g/mol. The predicted molar refractivity (Wildman–Crippen MR) is 128 cm³/mol. The van der Waals surface area contributed by atoms with Gasteiger partial charge in [-0.15, -0.1) is 0 Å². The van der Waals surface area contributed by atoms with E-state index in [0.29, 0.717) is 0 Å². The van der Waals surface area contributed by atoms with Crippen LogP contribution >= 0.6 is 0 Å². The molecule has 4 saturated heterocycles. The highest BCUT2D eigenvalue weighted by Gasteiger charge is 2.55. The summed E-state index contributed by atoms with van der Waals surface area (Å²) in [6.45, 7) is -3.01. The maximum atomic E-state index is 11.2. The second-order valence-corrected chi connectivity index (χ2v) is 10.7. The lowest BCUT2D eigenvalue weighted by molar-refractivity contribution is -0.394. The van der Waals surface area contributed by atoms with Crippen molar-refractivity contribution in [2.45, 2.75) is 117 Å². The SMILES string of the molecule is OC[C@@H]1O[C@H](O[C@H]2[C@@H](O)[C@@H](O[C@@H]3O[C@H](CO)[C@@H](O)[C@H](O)[C@@H]3O[C@@H]3OC[C@@H](O)[C@@H](O)[C@@H]3O)[C@H](CO)O[C@H]2O)[C@@H](O)[C@H](O)[C@H]1O. The second-order valence-electron chi connectivity index (χ2n) is 10.7. The molecule has 0 aromatic carbocycles. The van der Waals surface area contributed by atoms with E-state index in [-0.39, 0.29) is 0 Å². The Bertz CT molecular complexity index is 869. The first-order chi connectivity index (χ1) is 20.3. The quantitative estimate of drug-likeness (QED) is 0.112. The molecule has 43 heavy (non-hydrogen) atoms. The van der Waals surface area contributed by atoms with Crippen LogP contribution in [-0.4, -0.2) is 210 Å². The van der Waals surface area contributed by atoms with Crippen LogP contribution in [0, 0.1) is 0 Å². The zero-order valence-corrected chi connectivity index (χ0v) is 22.5. The van der Waals surface area contributed by atoms with Gasteiger partial charge in [0.05, 0.1) is 26.4 Å². The standard InChI is InChI=1S/C23H40O20/c24-1-6-10(29)12(31)15(34)22(39-6)42-18-16(35)17(8(3-26)38-20(18)36)41-23-19(13(32)11(30)7(2-25)40-23)43-21-14(33)9(28)5(27)4-37-21/h5-36H,1-4H2/t5-,6+,7-,8+,9-,10+,11-,12-,13+,14+,15+,16+,17+,18+,19+,20-,21+,22-,23+/m1/s1. The number of aliphatic hydroxyl groups is 13. The molecule has 4 aliphatic heterocycles. The van der Waals surface area contributed by atoms with E-state index in [1.807, 2.05) is 0 Å². The van der Waals surface area contributed by atoms with Gasteiger partial charge in [-0.25, -0.2) is 0 Å². The number of rotatable bonds is 9. The molecular formula is C23H40O20. The first-order valence-corrected chi connectivity index (χ1v) is 13.5. The molecule has 19 atom stereocenters. The highest BCUT2D eigenvalue weighted by atomic mass is 16.8.